The molecule has 7 heteroatoms. The van der Waals surface area contributed by atoms with E-state index in [0.29, 0.717) is 27.5 Å². The topological polar surface area (TPSA) is 50.7 Å². The number of thioether (sulfide) groups is 1. The fraction of sp³-hybridized carbons (Fsp3) is 0.158. The van der Waals surface area contributed by atoms with Crippen LogP contribution in [0.2, 0.25) is 5.02 Å². The minimum atomic E-state index is -0.173. The fourth-order valence-corrected chi connectivity index (χ4v) is 3.92. The first-order chi connectivity index (χ1) is 12.5. The van der Waals surface area contributed by atoms with E-state index in [1.807, 2.05) is 38.1 Å². The van der Waals surface area contributed by atoms with Gasteiger partial charge in [-0.1, -0.05) is 33.6 Å². The molecule has 1 fully saturated rings. The summed E-state index contributed by atoms with van der Waals surface area (Å²) in [6, 6.07) is 11.3. The minimum absolute atomic E-state index is 0.173. The lowest BCUT2D eigenvalue weighted by molar-refractivity contribution is -0.115. The third-order valence-electron chi connectivity index (χ3n) is 3.59. The molecule has 134 valence electrons. The van der Waals surface area contributed by atoms with Crippen LogP contribution >= 0.6 is 39.3 Å². The zero-order valence-electron chi connectivity index (χ0n) is 14.2. The standard InChI is InChI=1S/C19H16BrClN2O2S/c1-3-25-16-7-4-12(9-14(16)21)10-17-18(24)23-19(26-17)22-15-6-5-13(20)8-11(15)2/h4-10H,3H2,1-2H3,(H,22,23,24)/b17-10-. The van der Waals surface area contributed by atoms with E-state index in [0.717, 1.165) is 21.3 Å². The number of amidine groups is 1. The van der Waals surface area contributed by atoms with Gasteiger partial charge in [-0.25, -0.2) is 4.99 Å². The first-order valence-corrected chi connectivity index (χ1v) is 9.93. The highest BCUT2D eigenvalue weighted by Crippen LogP contribution is 2.32. The number of carbonyl (C=O) groups excluding carboxylic acids is 1. The molecule has 3 rings (SSSR count). The molecule has 1 aliphatic rings. The Kier molecular flexibility index (Phi) is 6.06. The monoisotopic (exact) mass is 450 g/mol. The van der Waals surface area contributed by atoms with Gasteiger partial charge in [0, 0.05) is 4.47 Å². The molecule has 0 aromatic heterocycles. The summed E-state index contributed by atoms with van der Waals surface area (Å²) < 4.78 is 6.42. The van der Waals surface area contributed by atoms with Gasteiger partial charge in [-0.15, -0.1) is 0 Å². The zero-order valence-corrected chi connectivity index (χ0v) is 17.3. The van der Waals surface area contributed by atoms with Crippen LogP contribution in [-0.2, 0) is 4.79 Å². The van der Waals surface area contributed by atoms with Gasteiger partial charge < -0.3 is 10.1 Å². The van der Waals surface area contributed by atoms with Crippen LogP contribution in [0.3, 0.4) is 0 Å². The SMILES string of the molecule is CCOc1ccc(/C=C2\SC(=Nc3ccc(Br)cc3C)NC2=O)cc1Cl. The molecular weight excluding hydrogens is 436 g/mol. The lowest BCUT2D eigenvalue weighted by Gasteiger charge is -2.05. The van der Waals surface area contributed by atoms with E-state index in [-0.39, 0.29) is 5.91 Å². The average molecular weight is 452 g/mol. The molecule has 1 heterocycles. The summed E-state index contributed by atoms with van der Waals surface area (Å²) in [6.07, 6.45) is 1.79. The van der Waals surface area contributed by atoms with Gasteiger partial charge >= 0.3 is 0 Å². The fourth-order valence-electron chi connectivity index (χ4n) is 2.37. The van der Waals surface area contributed by atoms with Crippen LogP contribution in [0.1, 0.15) is 18.1 Å². The van der Waals surface area contributed by atoms with E-state index in [1.54, 1.807) is 18.2 Å². The molecule has 0 spiro atoms. The zero-order chi connectivity index (χ0) is 18.7. The van der Waals surface area contributed by atoms with E-state index in [4.69, 9.17) is 16.3 Å². The quantitative estimate of drug-likeness (QED) is 0.607. The number of amides is 1. The van der Waals surface area contributed by atoms with Crippen LogP contribution in [0.25, 0.3) is 6.08 Å². The maximum atomic E-state index is 12.2. The Hall–Kier alpha value is -1.76. The maximum absolute atomic E-state index is 12.2. The first kappa shape index (κ1) is 19.0. The third kappa shape index (κ3) is 4.50. The molecule has 1 saturated heterocycles. The van der Waals surface area contributed by atoms with Crippen LogP contribution in [0.4, 0.5) is 5.69 Å². The maximum Gasteiger partial charge on any atom is 0.264 e. The summed E-state index contributed by atoms with van der Waals surface area (Å²) in [5.74, 6) is 0.460. The van der Waals surface area contributed by atoms with Crippen molar-refractivity contribution in [1.82, 2.24) is 5.32 Å². The highest BCUT2D eigenvalue weighted by molar-refractivity contribution is 9.10. The lowest BCUT2D eigenvalue weighted by atomic mass is 10.2. The molecule has 1 N–H and O–H groups in total. The van der Waals surface area contributed by atoms with Crippen molar-refractivity contribution < 1.29 is 9.53 Å². The van der Waals surface area contributed by atoms with Gasteiger partial charge in [0.2, 0.25) is 0 Å². The second-order valence-electron chi connectivity index (χ2n) is 5.54. The molecular formula is C19H16BrClN2O2S. The predicted octanol–water partition coefficient (Wildman–Crippen LogP) is 5.70. The molecule has 26 heavy (non-hydrogen) atoms. The van der Waals surface area contributed by atoms with Crippen molar-refractivity contribution in [2.24, 2.45) is 4.99 Å². The molecule has 0 unspecified atom stereocenters. The predicted molar refractivity (Wildman–Crippen MR) is 112 cm³/mol. The van der Waals surface area contributed by atoms with Crippen LogP contribution < -0.4 is 10.1 Å². The highest BCUT2D eigenvalue weighted by atomic mass is 79.9. The number of rotatable bonds is 4. The molecule has 4 nitrogen and oxygen atoms in total. The second-order valence-corrected chi connectivity index (χ2v) is 7.89. The Bertz CT molecular complexity index is 928. The van der Waals surface area contributed by atoms with Crippen molar-refractivity contribution in [3.05, 3.63) is 61.9 Å². The Labute approximate surface area is 169 Å². The lowest BCUT2D eigenvalue weighted by Crippen LogP contribution is -2.19. The van der Waals surface area contributed by atoms with Gasteiger partial charge in [0.1, 0.15) is 5.75 Å². The number of ether oxygens (including phenoxy) is 1. The van der Waals surface area contributed by atoms with Crippen LogP contribution in [0, 0.1) is 6.92 Å². The van der Waals surface area contributed by atoms with Crippen LogP contribution in [0.15, 0.2) is 50.8 Å². The normalized spacial score (nSPS) is 17.0. The second kappa shape index (κ2) is 8.29. The summed E-state index contributed by atoms with van der Waals surface area (Å²) >= 11 is 10.9. The molecule has 0 aliphatic carbocycles. The average Bonchev–Trinajstić information content (AvgIpc) is 2.92. The molecule has 1 aliphatic heterocycles. The number of aliphatic imine (C=N–C) groups is 1. The van der Waals surface area contributed by atoms with E-state index in [2.05, 4.69) is 26.2 Å². The number of hydrogen-bond acceptors (Lipinski definition) is 4. The van der Waals surface area contributed by atoms with E-state index < -0.39 is 0 Å². The highest BCUT2D eigenvalue weighted by Gasteiger charge is 2.24. The van der Waals surface area contributed by atoms with Crippen LogP contribution in [0.5, 0.6) is 5.75 Å². The number of nitrogens with zero attached hydrogens (tertiary/aromatic N) is 1. The number of aryl methyl sites for hydroxylation is 1. The van der Waals surface area contributed by atoms with E-state index in [9.17, 15) is 4.79 Å². The van der Waals surface area contributed by atoms with Gasteiger partial charge in [-0.05, 0) is 73.1 Å². The molecule has 2 aromatic carbocycles. The molecule has 0 saturated carbocycles. The van der Waals surface area contributed by atoms with Crippen molar-refractivity contribution in [1.29, 1.82) is 0 Å². The summed E-state index contributed by atoms with van der Waals surface area (Å²) in [4.78, 5) is 17.3. The van der Waals surface area contributed by atoms with Gasteiger partial charge in [0.05, 0.1) is 22.2 Å². The van der Waals surface area contributed by atoms with E-state index in [1.165, 1.54) is 11.8 Å². The Morgan fingerprint density at radius 3 is 2.81 bits per heavy atom. The molecule has 0 bridgehead atoms. The van der Waals surface area contributed by atoms with Crippen molar-refractivity contribution in [2.75, 3.05) is 6.61 Å². The van der Waals surface area contributed by atoms with Crippen molar-refractivity contribution in [3.63, 3.8) is 0 Å². The minimum Gasteiger partial charge on any atom is -0.492 e. The van der Waals surface area contributed by atoms with Crippen molar-refractivity contribution in [3.8, 4) is 5.75 Å². The summed E-state index contributed by atoms with van der Waals surface area (Å²) in [7, 11) is 0. The summed E-state index contributed by atoms with van der Waals surface area (Å²) in [5, 5.41) is 3.87. The van der Waals surface area contributed by atoms with Crippen LogP contribution in [-0.4, -0.2) is 17.7 Å². The van der Waals surface area contributed by atoms with Gasteiger partial charge in [0.15, 0.2) is 5.17 Å². The van der Waals surface area contributed by atoms with Crippen molar-refractivity contribution >= 4 is 62.1 Å². The number of benzene rings is 2. The molecule has 0 atom stereocenters. The Morgan fingerprint density at radius 1 is 1.31 bits per heavy atom. The molecule has 0 radical (unpaired) electrons. The molecule has 2 aromatic rings. The smallest absolute Gasteiger partial charge is 0.264 e. The number of halogens is 2. The summed E-state index contributed by atoms with van der Waals surface area (Å²) in [6.45, 7) is 4.43. The Balaban J connectivity index is 1.82. The number of nitrogens with one attached hydrogen (secondary N) is 1. The largest absolute Gasteiger partial charge is 0.492 e. The first-order valence-electron chi connectivity index (χ1n) is 7.94. The number of hydrogen-bond donors (Lipinski definition) is 1. The van der Waals surface area contributed by atoms with Crippen molar-refractivity contribution in [2.45, 2.75) is 13.8 Å². The Morgan fingerprint density at radius 2 is 2.12 bits per heavy atom. The third-order valence-corrected chi connectivity index (χ3v) is 5.28. The van der Waals surface area contributed by atoms with E-state index >= 15 is 0 Å². The summed E-state index contributed by atoms with van der Waals surface area (Å²) in [5.41, 5.74) is 2.68. The van der Waals surface area contributed by atoms with Gasteiger partial charge in [0.25, 0.3) is 5.91 Å². The van der Waals surface area contributed by atoms with Gasteiger partial charge in [-0.3, -0.25) is 4.79 Å². The number of carbonyl (C=O) groups is 1. The molecule has 1 amide bonds. The van der Waals surface area contributed by atoms with Gasteiger partial charge in [-0.2, -0.15) is 0 Å².